The van der Waals surface area contributed by atoms with Crippen LogP contribution in [0, 0.1) is 0 Å². The van der Waals surface area contributed by atoms with Crippen LogP contribution in [0.5, 0.6) is 11.5 Å². The monoisotopic (exact) mass is 239 g/mol. The van der Waals surface area contributed by atoms with Gasteiger partial charge < -0.3 is 19.5 Å². The Morgan fingerprint density at radius 2 is 1.94 bits per heavy atom. The Morgan fingerprint density at radius 3 is 2.59 bits per heavy atom. The quantitative estimate of drug-likeness (QED) is 0.698. The topological polar surface area (TPSA) is 39.7 Å². The van der Waals surface area contributed by atoms with Crippen molar-refractivity contribution in [2.45, 2.75) is 6.42 Å². The molecule has 0 spiro atoms. The molecule has 0 amide bonds. The molecule has 4 heteroatoms. The van der Waals surface area contributed by atoms with Crippen molar-refractivity contribution in [1.82, 2.24) is 5.32 Å². The third-order valence-electron chi connectivity index (χ3n) is 2.50. The predicted molar refractivity (Wildman–Crippen MR) is 68.0 cm³/mol. The molecule has 1 aromatic carbocycles. The van der Waals surface area contributed by atoms with E-state index < -0.39 is 0 Å². The van der Waals surface area contributed by atoms with Crippen molar-refractivity contribution in [1.29, 1.82) is 0 Å². The fraction of sp³-hybridized carbons (Fsp3) is 0.538. The van der Waals surface area contributed by atoms with Crippen LogP contribution in [-0.2, 0) is 11.2 Å². The summed E-state index contributed by atoms with van der Waals surface area (Å²) in [5.41, 5.74) is 1.11. The van der Waals surface area contributed by atoms with Gasteiger partial charge in [0.1, 0.15) is 11.5 Å². The summed E-state index contributed by atoms with van der Waals surface area (Å²) in [6, 6.07) is 5.80. The molecule has 0 heterocycles. The molecule has 96 valence electrons. The largest absolute Gasteiger partial charge is 0.497 e. The van der Waals surface area contributed by atoms with Crippen LogP contribution in [0.25, 0.3) is 0 Å². The molecule has 0 saturated heterocycles. The number of likely N-dealkylation sites (N-methyl/N-ethyl adjacent to an activating group) is 1. The van der Waals surface area contributed by atoms with Crippen LogP contribution in [-0.4, -0.2) is 41.0 Å². The molecule has 1 rings (SSSR count). The molecule has 0 radical (unpaired) electrons. The maximum Gasteiger partial charge on any atom is 0.122 e. The Balaban J connectivity index is 2.49. The maximum atomic E-state index is 5.49. The lowest BCUT2D eigenvalue weighted by Crippen LogP contribution is -2.15. The first-order valence-corrected chi connectivity index (χ1v) is 5.75. The highest BCUT2D eigenvalue weighted by Crippen LogP contribution is 2.24. The van der Waals surface area contributed by atoms with Crippen LogP contribution in [0.15, 0.2) is 18.2 Å². The molecule has 0 atom stereocenters. The fourth-order valence-electron chi connectivity index (χ4n) is 1.54. The van der Waals surface area contributed by atoms with Gasteiger partial charge in [-0.1, -0.05) is 0 Å². The normalized spacial score (nSPS) is 10.3. The van der Waals surface area contributed by atoms with Crippen molar-refractivity contribution in [2.24, 2.45) is 0 Å². The van der Waals surface area contributed by atoms with Gasteiger partial charge in [-0.05, 0) is 31.7 Å². The second kappa shape index (κ2) is 7.92. The van der Waals surface area contributed by atoms with Crippen LogP contribution >= 0.6 is 0 Å². The highest BCUT2D eigenvalue weighted by Gasteiger charge is 2.04. The summed E-state index contributed by atoms with van der Waals surface area (Å²) in [5.74, 6) is 1.72. The highest BCUT2D eigenvalue weighted by atomic mass is 16.5. The van der Waals surface area contributed by atoms with E-state index >= 15 is 0 Å². The third kappa shape index (κ3) is 4.63. The summed E-state index contributed by atoms with van der Waals surface area (Å²) < 4.78 is 16.0. The Labute approximate surface area is 103 Å². The van der Waals surface area contributed by atoms with Gasteiger partial charge in [0.05, 0.1) is 27.4 Å². The maximum absolute atomic E-state index is 5.49. The summed E-state index contributed by atoms with van der Waals surface area (Å²) >= 11 is 0. The minimum absolute atomic E-state index is 0.686. The predicted octanol–water partition coefficient (Wildman–Crippen LogP) is 1.48. The van der Waals surface area contributed by atoms with Crippen molar-refractivity contribution in [3.8, 4) is 11.5 Å². The van der Waals surface area contributed by atoms with E-state index in [4.69, 9.17) is 14.2 Å². The molecule has 4 nitrogen and oxygen atoms in total. The van der Waals surface area contributed by atoms with Gasteiger partial charge in [-0.15, -0.1) is 0 Å². The summed E-state index contributed by atoms with van der Waals surface area (Å²) in [7, 11) is 5.25. The van der Waals surface area contributed by atoms with E-state index in [1.165, 1.54) is 0 Å². The number of ether oxygens (including phenoxy) is 3. The number of methoxy groups -OCH3 is 2. The van der Waals surface area contributed by atoms with Crippen LogP contribution < -0.4 is 14.8 Å². The molecule has 0 aromatic heterocycles. The number of nitrogens with one attached hydrogen (secondary N) is 1. The lowest BCUT2D eigenvalue weighted by molar-refractivity contribution is 0.140. The third-order valence-corrected chi connectivity index (χ3v) is 2.50. The van der Waals surface area contributed by atoms with Crippen LogP contribution in [0.4, 0.5) is 0 Å². The van der Waals surface area contributed by atoms with Crippen molar-refractivity contribution >= 4 is 0 Å². The van der Waals surface area contributed by atoms with Crippen molar-refractivity contribution in [2.75, 3.05) is 41.0 Å². The molecule has 17 heavy (non-hydrogen) atoms. The molecule has 0 aliphatic heterocycles. The number of hydrogen-bond acceptors (Lipinski definition) is 4. The zero-order chi connectivity index (χ0) is 12.5. The second-order valence-electron chi connectivity index (χ2n) is 3.64. The first-order chi connectivity index (χ1) is 8.31. The SMILES string of the molecule is CNCCOCCc1cc(OC)ccc1OC. The van der Waals surface area contributed by atoms with Gasteiger partial charge >= 0.3 is 0 Å². The number of benzene rings is 1. The van der Waals surface area contributed by atoms with Crippen LogP contribution in [0.1, 0.15) is 5.56 Å². The minimum atomic E-state index is 0.686. The van der Waals surface area contributed by atoms with Gasteiger partial charge in [0.25, 0.3) is 0 Å². The van der Waals surface area contributed by atoms with E-state index in [0.717, 1.165) is 36.6 Å². The smallest absolute Gasteiger partial charge is 0.122 e. The minimum Gasteiger partial charge on any atom is -0.497 e. The molecule has 0 bridgehead atoms. The first kappa shape index (κ1) is 13.8. The van der Waals surface area contributed by atoms with Gasteiger partial charge in [-0.25, -0.2) is 0 Å². The van der Waals surface area contributed by atoms with E-state index in [1.807, 2.05) is 25.2 Å². The van der Waals surface area contributed by atoms with Crippen LogP contribution in [0.3, 0.4) is 0 Å². The Morgan fingerprint density at radius 1 is 1.12 bits per heavy atom. The van der Waals surface area contributed by atoms with Crippen molar-refractivity contribution < 1.29 is 14.2 Å². The number of hydrogen-bond donors (Lipinski definition) is 1. The van der Waals surface area contributed by atoms with E-state index in [0.29, 0.717) is 6.61 Å². The molecule has 0 unspecified atom stereocenters. The summed E-state index contributed by atoms with van der Waals surface area (Å²) in [5, 5.41) is 3.04. The Kier molecular flexibility index (Phi) is 6.43. The molecular formula is C13H21NO3. The average molecular weight is 239 g/mol. The lowest BCUT2D eigenvalue weighted by atomic mass is 10.1. The average Bonchev–Trinajstić information content (AvgIpc) is 2.38. The van der Waals surface area contributed by atoms with Gasteiger partial charge in [-0.2, -0.15) is 0 Å². The fourth-order valence-corrected chi connectivity index (χ4v) is 1.54. The van der Waals surface area contributed by atoms with Gasteiger partial charge in [0, 0.05) is 12.1 Å². The van der Waals surface area contributed by atoms with Crippen LogP contribution in [0.2, 0.25) is 0 Å². The Bertz CT molecular complexity index is 328. The lowest BCUT2D eigenvalue weighted by Gasteiger charge is -2.10. The van der Waals surface area contributed by atoms with E-state index in [9.17, 15) is 0 Å². The Hall–Kier alpha value is -1.26. The van der Waals surface area contributed by atoms with E-state index in [2.05, 4.69) is 5.32 Å². The zero-order valence-corrected chi connectivity index (χ0v) is 10.8. The molecule has 0 aliphatic carbocycles. The van der Waals surface area contributed by atoms with Gasteiger partial charge in [0.2, 0.25) is 0 Å². The zero-order valence-electron chi connectivity index (χ0n) is 10.8. The molecule has 0 saturated carbocycles. The molecule has 0 fully saturated rings. The number of rotatable bonds is 8. The highest BCUT2D eigenvalue weighted by molar-refractivity contribution is 5.40. The van der Waals surface area contributed by atoms with E-state index in [1.54, 1.807) is 14.2 Å². The molecule has 0 aliphatic rings. The summed E-state index contributed by atoms with van der Waals surface area (Å²) in [6.45, 7) is 2.28. The van der Waals surface area contributed by atoms with E-state index in [-0.39, 0.29) is 0 Å². The molecular weight excluding hydrogens is 218 g/mol. The molecule has 1 N–H and O–H groups in total. The summed E-state index contributed by atoms with van der Waals surface area (Å²) in [6.07, 6.45) is 0.823. The van der Waals surface area contributed by atoms with Gasteiger partial charge in [0.15, 0.2) is 0 Å². The summed E-state index contributed by atoms with van der Waals surface area (Å²) in [4.78, 5) is 0. The molecule has 1 aromatic rings. The van der Waals surface area contributed by atoms with Crippen molar-refractivity contribution in [3.63, 3.8) is 0 Å². The second-order valence-corrected chi connectivity index (χ2v) is 3.64. The standard InChI is InChI=1S/C13H21NO3/c1-14-7-9-17-8-6-11-10-12(15-2)4-5-13(11)16-3/h4-5,10,14H,6-9H2,1-3H3. The first-order valence-electron chi connectivity index (χ1n) is 5.75. The van der Waals surface area contributed by atoms with Gasteiger partial charge in [-0.3, -0.25) is 0 Å². The van der Waals surface area contributed by atoms with Crippen molar-refractivity contribution in [3.05, 3.63) is 23.8 Å².